The summed E-state index contributed by atoms with van der Waals surface area (Å²) in [5.74, 6) is 0. The van der Waals surface area contributed by atoms with E-state index in [9.17, 15) is 5.11 Å². The van der Waals surface area contributed by atoms with Crippen molar-refractivity contribution in [2.24, 2.45) is 0 Å². The minimum atomic E-state index is -1.64. The fourth-order valence-corrected chi connectivity index (χ4v) is 3.24. The van der Waals surface area contributed by atoms with Gasteiger partial charge in [-0.25, -0.2) is 0 Å². The molecule has 0 radical (unpaired) electrons. The number of hydrogen-bond donors (Lipinski definition) is 1. The SMILES string of the molecule is [2H][C@@]1([Si](C)(C)C)O[C@H]1[C@@H](O)CCCCC. The molecule has 0 saturated carbocycles. The van der Waals surface area contributed by atoms with Gasteiger partial charge in [0, 0.05) is 0 Å². The molecule has 0 aromatic rings. The van der Waals surface area contributed by atoms with Crippen molar-refractivity contribution in [3.63, 3.8) is 0 Å². The summed E-state index contributed by atoms with van der Waals surface area (Å²) < 4.78 is 13.6. The molecule has 0 bridgehead atoms. The van der Waals surface area contributed by atoms with Crippen LogP contribution in [0.5, 0.6) is 0 Å². The van der Waals surface area contributed by atoms with Crippen LogP contribution >= 0.6 is 0 Å². The molecular formula is C11H24O2Si. The van der Waals surface area contributed by atoms with Crippen molar-refractivity contribution in [1.29, 1.82) is 0 Å². The standard InChI is InChI=1S/C11H24O2Si/c1-5-6-7-8-9(12)10-11(13-10)14(2,3)4/h9-12H,5-8H2,1-4H3/t9-,10-,11-/m0/s1/i11D. The van der Waals surface area contributed by atoms with Crippen LogP contribution in [-0.4, -0.2) is 31.1 Å². The molecule has 1 saturated heterocycles. The third-order valence-electron chi connectivity index (χ3n) is 2.65. The Balaban J connectivity index is 2.36. The van der Waals surface area contributed by atoms with E-state index in [1.807, 2.05) is 0 Å². The van der Waals surface area contributed by atoms with Gasteiger partial charge in [-0.05, 0) is 6.42 Å². The van der Waals surface area contributed by atoms with Crippen molar-refractivity contribution in [2.45, 2.75) is 70.2 Å². The molecule has 1 N–H and O–H groups in total. The molecule has 1 aliphatic heterocycles. The average molecular weight is 217 g/mol. The summed E-state index contributed by atoms with van der Waals surface area (Å²) in [7, 11) is -1.64. The molecule has 0 spiro atoms. The van der Waals surface area contributed by atoms with Crippen LogP contribution in [-0.2, 0) is 4.74 Å². The van der Waals surface area contributed by atoms with Gasteiger partial charge in [0.25, 0.3) is 0 Å². The molecule has 0 aliphatic carbocycles. The van der Waals surface area contributed by atoms with Gasteiger partial charge in [0.2, 0.25) is 0 Å². The van der Waals surface area contributed by atoms with Gasteiger partial charge in [0.15, 0.2) is 0 Å². The van der Waals surface area contributed by atoms with E-state index in [-0.39, 0.29) is 6.10 Å². The fourth-order valence-electron chi connectivity index (χ4n) is 1.71. The molecule has 0 aromatic carbocycles. The monoisotopic (exact) mass is 217 g/mol. The fraction of sp³-hybridized carbons (Fsp3) is 1.00. The van der Waals surface area contributed by atoms with Crippen molar-refractivity contribution in [2.75, 3.05) is 0 Å². The molecule has 2 nitrogen and oxygen atoms in total. The zero-order chi connectivity index (χ0) is 11.7. The summed E-state index contributed by atoms with van der Waals surface area (Å²) in [6.07, 6.45) is 3.49. The predicted octanol–water partition coefficient (Wildman–Crippen LogP) is 2.57. The van der Waals surface area contributed by atoms with Crippen LogP contribution < -0.4 is 0 Å². The highest BCUT2D eigenvalue weighted by Gasteiger charge is 2.51. The summed E-state index contributed by atoms with van der Waals surface area (Å²) in [6, 6.07) is 0. The number of aliphatic hydroxyl groups excluding tert-OH is 1. The molecule has 0 amide bonds. The van der Waals surface area contributed by atoms with E-state index in [0.29, 0.717) is 0 Å². The zero-order valence-corrected chi connectivity index (χ0v) is 10.8. The zero-order valence-electron chi connectivity index (χ0n) is 10.8. The Labute approximate surface area is 90.1 Å². The van der Waals surface area contributed by atoms with Gasteiger partial charge < -0.3 is 9.84 Å². The Hall–Kier alpha value is 0.137. The van der Waals surface area contributed by atoms with Crippen molar-refractivity contribution in [1.82, 2.24) is 0 Å². The summed E-state index contributed by atoms with van der Waals surface area (Å²) >= 11 is 0. The first-order chi connectivity index (χ1) is 6.83. The van der Waals surface area contributed by atoms with E-state index in [2.05, 4.69) is 26.6 Å². The number of rotatable bonds is 6. The Morgan fingerprint density at radius 2 is 2.07 bits per heavy atom. The molecule has 0 aromatic heterocycles. The lowest BCUT2D eigenvalue weighted by Crippen LogP contribution is -2.33. The number of ether oxygens (including phenoxy) is 1. The maximum Gasteiger partial charge on any atom is 0.107 e. The molecule has 14 heavy (non-hydrogen) atoms. The van der Waals surface area contributed by atoms with Gasteiger partial charge in [0.1, 0.15) is 6.10 Å². The highest BCUT2D eigenvalue weighted by atomic mass is 28.3. The van der Waals surface area contributed by atoms with Gasteiger partial charge >= 0.3 is 0 Å². The van der Waals surface area contributed by atoms with E-state index < -0.39 is 19.9 Å². The topological polar surface area (TPSA) is 32.8 Å². The number of unbranched alkanes of at least 4 members (excludes halogenated alkanes) is 2. The Kier molecular flexibility index (Phi) is 3.63. The molecule has 0 unspecified atom stereocenters. The lowest BCUT2D eigenvalue weighted by Gasteiger charge is -2.13. The summed E-state index contributed by atoms with van der Waals surface area (Å²) in [5, 5.41) is 9.89. The van der Waals surface area contributed by atoms with E-state index in [1.165, 1.54) is 0 Å². The molecular weight excluding hydrogens is 192 g/mol. The van der Waals surface area contributed by atoms with Crippen molar-refractivity contribution < 1.29 is 11.2 Å². The first-order valence-corrected chi connectivity index (χ1v) is 9.19. The molecule has 1 aliphatic rings. The summed E-state index contributed by atoms with van der Waals surface area (Å²) in [6.45, 7) is 8.52. The largest absolute Gasteiger partial charge is 0.390 e. The Bertz CT molecular complexity index is 217. The van der Waals surface area contributed by atoms with Crippen LogP contribution in [0.25, 0.3) is 0 Å². The first kappa shape index (κ1) is 10.6. The Morgan fingerprint density at radius 1 is 1.43 bits per heavy atom. The Morgan fingerprint density at radius 3 is 2.50 bits per heavy atom. The van der Waals surface area contributed by atoms with Crippen LogP contribution in [0, 0.1) is 0 Å². The third kappa shape index (κ3) is 3.37. The second-order valence-corrected chi connectivity index (χ2v) is 10.2. The van der Waals surface area contributed by atoms with E-state index in [1.54, 1.807) is 0 Å². The smallest absolute Gasteiger partial charge is 0.107 e. The van der Waals surface area contributed by atoms with E-state index in [4.69, 9.17) is 6.11 Å². The van der Waals surface area contributed by atoms with Gasteiger partial charge in [-0.15, -0.1) is 0 Å². The number of hydrogen-bond acceptors (Lipinski definition) is 2. The van der Waals surface area contributed by atoms with Crippen LogP contribution in [0.4, 0.5) is 0 Å². The molecule has 1 fully saturated rings. The lowest BCUT2D eigenvalue weighted by molar-refractivity contribution is 0.123. The minimum absolute atomic E-state index is 0.221. The van der Waals surface area contributed by atoms with Crippen LogP contribution in [0.2, 0.25) is 19.6 Å². The van der Waals surface area contributed by atoms with Crippen LogP contribution in [0.15, 0.2) is 0 Å². The second-order valence-electron chi connectivity index (χ2n) is 5.22. The maximum atomic E-state index is 9.89. The lowest BCUT2D eigenvalue weighted by atomic mass is 10.1. The van der Waals surface area contributed by atoms with E-state index in [0.717, 1.165) is 25.7 Å². The van der Waals surface area contributed by atoms with Crippen LogP contribution in [0.3, 0.4) is 0 Å². The minimum Gasteiger partial charge on any atom is -0.390 e. The molecule has 84 valence electrons. The van der Waals surface area contributed by atoms with Crippen molar-refractivity contribution >= 4 is 8.07 Å². The summed E-state index contributed by atoms with van der Waals surface area (Å²) in [4.78, 5) is 0. The third-order valence-corrected chi connectivity index (χ3v) is 4.53. The first-order valence-electron chi connectivity index (χ1n) is 6.19. The van der Waals surface area contributed by atoms with Gasteiger partial charge in [-0.2, -0.15) is 0 Å². The van der Waals surface area contributed by atoms with Crippen molar-refractivity contribution in [3.05, 3.63) is 0 Å². The van der Waals surface area contributed by atoms with Gasteiger partial charge in [-0.1, -0.05) is 45.8 Å². The van der Waals surface area contributed by atoms with Gasteiger partial charge in [0.05, 0.1) is 21.3 Å². The van der Waals surface area contributed by atoms with E-state index >= 15 is 0 Å². The predicted molar refractivity (Wildman–Crippen MR) is 62.2 cm³/mol. The highest BCUT2D eigenvalue weighted by molar-refractivity contribution is 6.78. The van der Waals surface area contributed by atoms with Gasteiger partial charge in [-0.3, -0.25) is 0 Å². The summed E-state index contributed by atoms with van der Waals surface area (Å²) in [5.41, 5.74) is -0.737. The maximum absolute atomic E-state index is 9.89. The normalized spacial score (nSPS) is 35.2. The average Bonchev–Trinajstić information content (AvgIpc) is 2.79. The molecule has 1 heterocycles. The molecule has 3 heteroatoms. The second kappa shape index (κ2) is 4.77. The number of aliphatic hydroxyl groups is 1. The van der Waals surface area contributed by atoms with Crippen LogP contribution in [0.1, 0.15) is 34.0 Å². The highest BCUT2D eigenvalue weighted by Crippen LogP contribution is 2.34. The molecule has 3 atom stereocenters. The number of epoxide rings is 1. The van der Waals surface area contributed by atoms with Crippen molar-refractivity contribution in [3.8, 4) is 0 Å². The quantitative estimate of drug-likeness (QED) is 0.421. The molecule has 1 rings (SSSR count).